The maximum atomic E-state index is 11.3. The van der Waals surface area contributed by atoms with Crippen molar-refractivity contribution in [2.24, 2.45) is 0 Å². The van der Waals surface area contributed by atoms with Gasteiger partial charge in [-0.05, 0) is 19.1 Å². The Morgan fingerprint density at radius 1 is 1.50 bits per heavy atom. The van der Waals surface area contributed by atoms with Crippen LogP contribution in [0.2, 0.25) is 0 Å². The van der Waals surface area contributed by atoms with Crippen LogP contribution in [0, 0.1) is 0 Å². The zero-order valence-electron chi connectivity index (χ0n) is 9.65. The molecule has 0 spiro atoms. The van der Waals surface area contributed by atoms with Crippen LogP contribution in [0.4, 0.5) is 5.69 Å². The number of carbonyl (C=O) groups excluding carboxylic acids is 1. The molecule has 5 nitrogen and oxygen atoms in total. The summed E-state index contributed by atoms with van der Waals surface area (Å²) in [5, 5.41) is 8.58. The van der Waals surface area contributed by atoms with Crippen molar-refractivity contribution >= 4 is 11.6 Å². The van der Waals surface area contributed by atoms with Crippen LogP contribution in [-0.2, 0) is 0 Å². The van der Waals surface area contributed by atoms with E-state index in [2.05, 4.69) is 0 Å². The van der Waals surface area contributed by atoms with E-state index in [4.69, 9.17) is 9.94 Å². The van der Waals surface area contributed by atoms with Crippen molar-refractivity contribution in [2.75, 3.05) is 25.6 Å². The molecule has 0 unspecified atom stereocenters. The molecule has 5 heteroatoms. The van der Waals surface area contributed by atoms with E-state index in [0.29, 0.717) is 11.3 Å². The summed E-state index contributed by atoms with van der Waals surface area (Å²) in [5.74, 6) is 0.0288. The Labute approximate surface area is 94.6 Å². The molecule has 0 atom stereocenters. The third-order valence-electron chi connectivity index (χ3n) is 2.41. The van der Waals surface area contributed by atoms with E-state index in [0.717, 1.165) is 12.2 Å². The highest BCUT2D eigenvalue weighted by Crippen LogP contribution is 2.23. The van der Waals surface area contributed by atoms with Crippen molar-refractivity contribution < 1.29 is 14.7 Å². The van der Waals surface area contributed by atoms with Gasteiger partial charge in [0.15, 0.2) is 0 Å². The van der Waals surface area contributed by atoms with Crippen LogP contribution in [0.5, 0.6) is 5.75 Å². The van der Waals surface area contributed by atoms with E-state index >= 15 is 0 Å². The third kappa shape index (κ3) is 2.64. The van der Waals surface area contributed by atoms with E-state index in [9.17, 15) is 4.79 Å². The van der Waals surface area contributed by atoms with Gasteiger partial charge in [-0.15, -0.1) is 0 Å². The molecular weight excluding hydrogens is 208 g/mol. The maximum absolute atomic E-state index is 11.3. The van der Waals surface area contributed by atoms with Crippen LogP contribution in [0.15, 0.2) is 18.2 Å². The van der Waals surface area contributed by atoms with Gasteiger partial charge < -0.3 is 9.64 Å². The average Bonchev–Trinajstić information content (AvgIpc) is 2.35. The van der Waals surface area contributed by atoms with Crippen LogP contribution in [0.1, 0.15) is 17.3 Å². The number of nitrogens with zero attached hydrogens (tertiary/aromatic N) is 1. The van der Waals surface area contributed by atoms with E-state index in [-0.39, 0.29) is 0 Å². The zero-order valence-corrected chi connectivity index (χ0v) is 9.65. The number of carbonyl (C=O) groups is 1. The summed E-state index contributed by atoms with van der Waals surface area (Å²) in [4.78, 5) is 13.3. The minimum Gasteiger partial charge on any atom is -0.497 e. The number of nitrogens with one attached hydrogen (secondary N) is 1. The number of methoxy groups -OCH3 is 1. The Kier molecular flexibility index (Phi) is 4.13. The lowest BCUT2D eigenvalue weighted by Gasteiger charge is -2.18. The predicted octanol–water partition coefficient (Wildman–Crippen LogP) is 1.27. The molecule has 1 amide bonds. The number of amides is 1. The minimum atomic E-state index is -0.551. The molecule has 0 aromatic heterocycles. The number of hydrogen-bond donors (Lipinski definition) is 2. The number of rotatable bonds is 4. The van der Waals surface area contributed by atoms with Crippen LogP contribution in [0.3, 0.4) is 0 Å². The van der Waals surface area contributed by atoms with Crippen molar-refractivity contribution in [1.29, 1.82) is 0 Å². The first-order chi connectivity index (χ1) is 7.62. The fourth-order valence-corrected chi connectivity index (χ4v) is 1.30. The van der Waals surface area contributed by atoms with Gasteiger partial charge in [0, 0.05) is 30.9 Å². The number of benzene rings is 1. The van der Waals surface area contributed by atoms with Crippen molar-refractivity contribution in [3.63, 3.8) is 0 Å². The Bertz CT molecular complexity index is 379. The van der Waals surface area contributed by atoms with Crippen LogP contribution in [0.25, 0.3) is 0 Å². The molecule has 0 saturated carbocycles. The molecule has 1 aromatic carbocycles. The summed E-state index contributed by atoms with van der Waals surface area (Å²) in [6.07, 6.45) is 0. The molecule has 88 valence electrons. The van der Waals surface area contributed by atoms with E-state index in [1.54, 1.807) is 17.6 Å². The standard InChI is InChI=1S/C11H16N2O3/c1-4-13(2)9-5-8(11(14)12-15)6-10(7-9)16-3/h5-7,15H,4H2,1-3H3,(H,12,14). The van der Waals surface area contributed by atoms with Gasteiger partial charge in [0.1, 0.15) is 5.75 Å². The lowest BCUT2D eigenvalue weighted by molar-refractivity contribution is 0.0706. The van der Waals surface area contributed by atoms with Gasteiger partial charge in [0.05, 0.1) is 7.11 Å². The van der Waals surface area contributed by atoms with Gasteiger partial charge in [0.25, 0.3) is 5.91 Å². The fourth-order valence-electron chi connectivity index (χ4n) is 1.30. The van der Waals surface area contributed by atoms with Gasteiger partial charge in [-0.1, -0.05) is 0 Å². The molecule has 0 saturated heterocycles. The molecule has 0 aliphatic carbocycles. The molecular formula is C11H16N2O3. The fraction of sp³-hybridized carbons (Fsp3) is 0.364. The average molecular weight is 224 g/mol. The van der Waals surface area contributed by atoms with Crippen LogP contribution in [-0.4, -0.2) is 31.8 Å². The minimum absolute atomic E-state index is 0.358. The van der Waals surface area contributed by atoms with E-state index < -0.39 is 5.91 Å². The largest absolute Gasteiger partial charge is 0.497 e. The third-order valence-corrected chi connectivity index (χ3v) is 2.41. The van der Waals surface area contributed by atoms with Crippen LogP contribution >= 0.6 is 0 Å². The molecule has 0 aliphatic heterocycles. The Balaban J connectivity index is 3.15. The summed E-state index contributed by atoms with van der Waals surface area (Å²) in [6.45, 7) is 2.82. The molecule has 2 N–H and O–H groups in total. The molecule has 0 aliphatic rings. The Morgan fingerprint density at radius 2 is 2.19 bits per heavy atom. The zero-order chi connectivity index (χ0) is 12.1. The van der Waals surface area contributed by atoms with Gasteiger partial charge in [-0.3, -0.25) is 10.0 Å². The second kappa shape index (κ2) is 5.37. The predicted molar refractivity (Wildman–Crippen MR) is 61.2 cm³/mol. The molecule has 0 fully saturated rings. The van der Waals surface area contributed by atoms with E-state index in [1.165, 1.54) is 7.11 Å². The van der Waals surface area contributed by atoms with Gasteiger partial charge in [-0.2, -0.15) is 0 Å². The number of hydroxylamine groups is 1. The summed E-state index contributed by atoms with van der Waals surface area (Å²) < 4.78 is 5.10. The normalized spacial score (nSPS) is 9.75. The lowest BCUT2D eigenvalue weighted by atomic mass is 10.1. The van der Waals surface area contributed by atoms with Crippen LogP contribution < -0.4 is 15.1 Å². The number of hydrogen-bond acceptors (Lipinski definition) is 4. The maximum Gasteiger partial charge on any atom is 0.274 e. The molecule has 0 radical (unpaired) electrons. The quantitative estimate of drug-likeness (QED) is 0.597. The van der Waals surface area contributed by atoms with Crippen molar-refractivity contribution in [1.82, 2.24) is 5.48 Å². The molecule has 0 bridgehead atoms. The highest BCUT2D eigenvalue weighted by Gasteiger charge is 2.09. The molecule has 0 heterocycles. The molecule has 16 heavy (non-hydrogen) atoms. The highest BCUT2D eigenvalue weighted by atomic mass is 16.5. The first-order valence-electron chi connectivity index (χ1n) is 4.97. The Morgan fingerprint density at radius 3 is 2.69 bits per heavy atom. The summed E-state index contributed by atoms with van der Waals surface area (Å²) >= 11 is 0. The second-order valence-corrected chi connectivity index (χ2v) is 3.37. The molecule has 1 aromatic rings. The molecule has 1 rings (SSSR count). The number of anilines is 1. The summed E-state index contributed by atoms with van der Waals surface area (Å²) in [7, 11) is 3.45. The van der Waals surface area contributed by atoms with Crippen molar-refractivity contribution in [3.8, 4) is 5.75 Å². The SMILES string of the molecule is CCN(C)c1cc(OC)cc(C(=O)NO)c1. The van der Waals surface area contributed by atoms with Crippen molar-refractivity contribution in [2.45, 2.75) is 6.92 Å². The highest BCUT2D eigenvalue weighted by molar-refractivity contribution is 5.94. The second-order valence-electron chi connectivity index (χ2n) is 3.37. The number of ether oxygens (including phenoxy) is 1. The lowest BCUT2D eigenvalue weighted by Crippen LogP contribution is -2.20. The topological polar surface area (TPSA) is 61.8 Å². The summed E-state index contributed by atoms with van der Waals surface area (Å²) in [6, 6.07) is 5.09. The monoisotopic (exact) mass is 224 g/mol. The first-order valence-corrected chi connectivity index (χ1v) is 4.97. The first kappa shape index (κ1) is 12.3. The smallest absolute Gasteiger partial charge is 0.274 e. The van der Waals surface area contributed by atoms with E-state index in [1.807, 2.05) is 24.9 Å². The van der Waals surface area contributed by atoms with Gasteiger partial charge in [0.2, 0.25) is 0 Å². The van der Waals surface area contributed by atoms with Gasteiger partial charge in [-0.25, -0.2) is 5.48 Å². The van der Waals surface area contributed by atoms with Gasteiger partial charge >= 0.3 is 0 Å². The Hall–Kier alpha value is -1.75. The van der Waals surface area contributed by atoms with Crippen molar-refractivity contribution in [3.05, 3.63) is 23.8 Å². The summed E-state index contributed by atoms with van der Waals surface area (Å²) in [5.41, 5.74) is 2.82.